The Morgan fingerprint density at radius 2 is 2.44 bits per heavy atom. The second-order valence-electron chi connectivity index (χ2n) is 4.54. The monoisotopic (exact) mass is 224 g/mol. The van der Waals surface area contributed by atoms with Crippen LogP contribution in [-0.2, 0) is 6.42 Å². The highest BCUT2D eigenvalue weighted by Gasteiger charge is 2.16. The number of piperidine rings is 1. The summed E-state index contributed by atoms with van der Waals surface area (Å²) in [5.74, 6) is 1.45. The lowest BCUT2D eigenvalue weighted by Gasteiger charge is -2.30. The number of nitrogens with zero attached hydrogens (tertiary/aromatic N) is 3. The lowest BCUT2D eigenvalue weighted by molar-refractivity contribution is 0.228. The third-order valence-electron chi connectivity index (χ3n) is 2.98. The number of hydrogen-bond acceptors (Lipinski definition) is 5. The van der Waals surface area contributed by atoms with Crippen LogP contribution in [0.4, 0.5) is 0 Å². The summed E-state index contributed by atoms with van der Waals surface area (Å²) in [6.07, 6.45) is 3.41. The minimum atomic E-state index is 0.617. The highest BCUT2D eigenvalue weighted by molar-refractivity contribution is 4.85. The zero-order valence-corrected chi connectivity index (χ0v) is 10.1. The predicted octanol–water partition coefficient (Wildman–Crippen LogP) is 0.604. The van der Waals surface area contributed by atoms with Gasteiger partial charge in [-0.05, 0) is 26.4 Å². The topological polar surface area (TPSA) is 54.2 Å². The molecular weight excluding hydrogens is 204 g/mol. The molecule has 0 radical (unpaired) electrons. The Morgan fingerprint density at radius 3 is 3.12 bits per heavy atom. The number of likely N-dealkylation sites (tertiary alicyclic amines) is 1. The number of aryl methyl sites for hydroxylation is 1. The molecule has 0 amide bonds. The van der Waals surface area contributed by atoms with Gasteiger partial charge in [-0.25, -0.2) is 0 Å². The molecule has 1 aromatic heterocycles. The molecule has 90 valence electrons. The Bertz CT molecular complexity index is 326. The molecule has 0 bridgehead atoms. The number of likely N-dealkylation sites (N-methyl/N-ethyl adjacent to an activating group) is 1. The van der Waals surface area contributed by atoms with Crippen LogP contribution in [0.5, 0.6) is 0 Å². The van der Waals surface area contributed by atoms with Gasteiger partial charge in [0.1, 0.15) is 0 Å². The van der Waals surface area contributed by atoms with Gasteiger partial charge in [0.05, 0.1) is 0 Å². The number of aromatic nitrogens is 2. The fourth-order valence-electron chi connectivity index (χ4n) is 2.16. The lowest BCUT2D eigenvalue weighted by Crippen LogP contribution is -2.44. The van der Waals surface area contributed by atoms with Gasteiger partial charge < -0.3 is 14.7 Å². The zero-order chi connectivity index (χ0) is 11.4. The van der Waals surface area contributed by atoms with Crippen LogP contribution in [0.15, 0.2) is 4.52 Å². The molecule has 5 nitrogen and oxygen atoms in total. The molecule has 2 rings (SSSR count). The maximum absolute atomic E-state index is 4.93. The summed E-state index contributed by atoms with van der Waals surface area (Å²) in [6.45, 7) is 5.12. The zero-order valence-electron chi connectivity index (χ0n) is 10.1. The predicted molar refractivity (Wildman–Crippen MR) is 61.3 cm³/mol. The van der Waals surface area contributed by atoms with E-state index < -0.39 is 0 Å². The molecule has 0 spiro atoms. The summed E-state index contributed by atoms with van der Waals surface area (Å²) in [4.78, 5) is 6.55. The van der Waals surface area contributed by atoms with Gasteiger partial charge in [0, 0.05) is 32.5 Å². The van der Waals surface area contributed by atoms with E-state index in [0.717, 1.165) is 25.3 Å². The summed E-state index contributed by atoms with van der Waals surface area (Å²) in [7, 11) is 2.18. The van der Waals surface area contributed by atoms with Gasteiger partial charge in [-0.3, -0.25) is 0 Å². The van der Waals surface area contributed by atoms with E-state index in [4.69, 9.17) is 4.52 Å². The SMILES string of the molecule is Cc1nc(CCNC2CCCN(C)C2)no1. The number of rotatable bonds is 4. The van der Waals surface area contributed by atoms with E-state index in [1.165, 1.54) is 19.4 Å². The molecule has 1 unspecified atom stereocenters. The molecule has 1 aliphatic rings. The van der Waals surface area contributed by atoms with E-state index in [0.29, 0.717) is 11.9 Å². The first-order valence-corrected chi connectivity index (χ1v) is 5.95. The van der Waals surface area contributed by atoms with Crippen LogP contribution in [0, 0.1) is 6.92 Å². The lowest BCUT2D eigenvalue weighted by atomic mass is 10.1. The molecule has 2 heterocycles. The molecule has 1 atom stereocenters. The third kappa shape index (κ3) is 3.28. The molecule has 1 saturated heterocycles. The maximum Gasteiger partial charge on any atom is 0.223 e. The van der Waals surface area contributed by atoms with E-state index in [1.54, 1.807) is 0 Å². The van der Waals surface area contributed by atoms with Crippen molar-refractivity contribution in [2.75, 3.05) is 26.7 Å². The van der Waals surface area contributed by atoms with Crippen molar-refractivity contribution in [2.24, 2.45) is 0 Å². The average molecular weight is 224 g/mol. The van der Waals surface area contributed by atoms with Gasteiger partial charge in [0.15, 0.2) is 5.82 Å². The van der Waals surface area contributed by atoms with Gasteiger partial charge in [0.25, 0.3) is 0 Å². The molecular formula is C11H20N4O. The molecule has 1 fully saturated rings. The molecule has 5 heteroatoms. The minimum Gasteiger partial charge on any atom is -0.340 e. The Balaban J connectivity index is 1.67. The van der Waals surface area contributed by atoms with Crippen LogP contribution in [0.1, 0.15) is 24.6 Å². The summed E-state index contributed by atoms with van der Waals surface area (Å²) >= 11 is 0. The molecule has 0 aromatic carbocycles. The van der Waals surface area contributed by atoms with Crippen LogP contribution < -0.4 is 5.32 Å². The van der Waals surface area contributed by atoms with Gasteiger partial charge in [-0.2, -0.15) is 4.98 Å². The Morgan fingerprint density at radius 1 is 1.56 bits per heavy atom. The Kier molecular flexibility index (Phi) is 3.90. The van der Waals surface area contributed by atoms with E-state index in [9.17, 15) is 0 Å². The Hall–Kier alpha value is -0.940. The van der Waals surface area contributed by atoms with Crippen molar-refractivity contribution in [3.8, 4) is 0 Å². The molecule has 1 aliphatic heterocycles. The highest BCUT2D eigenvalue weighted by Crippen LogP contribution is 2.07. The van der Waals surface area contributed by atoms with Gasteiger partial charge in [-0.1, -0.05) is 5.16 Å². The van der Waals surface area contributed by atoms with Crippen molar-refractivity contribution < 1.29 is 4.52 Å². The van der Waals surface area contributed by atoms with Crippen LogP contribution >= 0.6 is 0 Å². The minimum absolute atomic E-state index is 0.617. The summed E-state index contributed by atoms with van der Waals surface area (Å²) in [5, 5.41) is 7.42. The van der Waals surface area contributed by atoms with Crippen molar-refractivity contribution in [2.45, 2.75) is 32.2 Å². The van der Waals surface area contributed by atoms with Crippen molar-refractivity contribution >= 4 is 0 Å². The normalized spacial score (nSPS) is 22.5. The molecule has 1 aromatic rings. The van der Waals surface area contributed by atoms with E-state index in [1.807, 2.05) is 6.92 Å². The largest absolute Gasteiger partial charge is 0.340 e. The van der Waals surface area contributed by atoms with Crippen LogP contribution in [-0.4, -0.2) is 47.8 Å². The van der Waals surface area contributed by atoms with Crippen LogP contribution in [0.3, 0.4) is 0 Å². The summed E-state index contributed by atoms with van der Waals surface area (Å²) < 4.78 is 4.93. The van der Waals surface area contributed by atoms with Crippen molar-refractivity contribution in [1.29, 1.82) is 0 Å². The highest BCUT2D eigenvalue weighted by atomic mass is 16.5. The van der Waals surface area contributed by atoms with E-state index >= 15 is 0 Å². The van der Waals surface area contributed by atoms with Gasteiger partial charge in [-0.15, -0.1) is 0 Å². The molecule has 16 heavy (non-hydrogen) atoms. The fraction of sp³-hybridized carbons (Fsp3) is 0.818. The second kappa shape index (κ2) is 5.41. The fourth-order valence-corrected chi connectivity index (χ4v) is 2.16. The first kappa shape index (κ1) is 11.5. The van der Waals surface area contributed by atoms with Crippen LogP contribution in [0.25, 0.3) is 0 Å². The Labute approximate surface area is 96.2 Å². The van der Waals surface area contributed by atoms with Gasteiger partial charge >= 0.3 is 0 Å². The number of hydrogen-bond donors (Lipinski definition) is 1. The summed E-state index contributed by atoms with van der Waals surface area (Å²) in [5.41, 5.74) is 0. The standard InChI is InChI=1S/C11H20N4O/c1-9-13-11(14-16-9)5-6-12-10-4-3-7-15(2)8-10/h10,12H,3-8H2,1-2H3. The van der Waals surface area contributed by atoms with Crippen LogP contribution in [0.2, 0.25) is 0 Å². The molecule has 1 N–H and O–H groups in total. The first-order chi connectivity index (χ1) is 7.74. The van der Waals surface area contributed by atoms with Crippen molar-refractivity contribution in [3.63, 3.8) is 0 Å². The molecule has 0 aliphatic carbocycles. The second-order valence-corrected chi connectivity index (χ2v) is 4.54. The smallest absolute Gasteiger partial charge is 0.223 e. The van der Waals surface area contributed by atoms with E-state index in [-0.39, 0.29) is 0 Å². The molecule has 0 saturated carbocycles. The average Bonchev–Trinajstić information content (AvgIpc) is 2.64. The quantitative estimate of drug-likeness (QED) is 0.812. The first-order valence-electron chi connectivity index (χ1n) is 5.95. The maximum atomic E-state index is 4.93. The number of nitrogens with one attached hydrogen (secondary N) is 1. The third-order valence-corrected chi connectivity index (χ3v) is 2.98. The van der Waals surface area contributed by atoms with Crippen molar-refractivity contribution in [3.05, 3.63) is 11.7 Å². The van der Waals surface area contributed by atoms with Crippen molar-refractivity contribution in [1.82, 2.24) is 20.4 Å². The van der Waals surface area contributed by atoms with Gasteiger partial charge in [0.2, 0.25) is 5.89 Å². The summed E-state index contributed by atoms with van der Waals surface area (Å²) in [6, 6.07) is 0.617. The van der Waals surface area contributed by atoms with E-state index in [2.05, 4.69) is 27.4 Å².